The Hall–Kier alpha value is -2.24. The van der Waals surface area contributed by atoms with E-state index < -0.39 is 0 Å². The molecule has 1 fully saturated rings. The molecule has 2 aromatic rings. The Labute approximate surface area is 122 Å². The van der Waals surface area contributed by atoms with Crippen molar-refractivity contribution in [1.82, 2.24) is 20.6 Å². The molecular formula is C15H17N5O. The smallest absolute Gasteiger partial charge is 0.227 e. The molecule has 1 amide bonds. The fraction of sp³-hybridized carbons (Fsp3) is 0.467. The lowest BCUT2D eigenvalue weighted by Crippen LogP contribution is -2.28. The van der Waals surface area contributed by atoms with Crippen molar-refractivity contribution in [2.45, 2.75) is 32.1 Å². The molecule has 0 spiro atoms. The molecule has 0 radical (unpaired) electrons. The van der Waals surface area contributed by atoms with E-state index in [4.69, 9.17) is 0 Å². The number of rotatable bonds is 4. The summed E-state index contributed by atoms with van der Waals surface area (Å²) >= 11 is 0. The molecular weight excluding hydrogens is 266 g/mol. The Bertz CT molecular complexity index is 663. The highest BCUT2D eigenvalue weighted by Gasteiger charge is 2.27. The van der Waals surface area contributed by atoms with Gasteiger partial charge in [0.05, 0.1) is 0 Å². The molecule has 1 aliphatic heterocycles. The second-order valence-electron chi connectivity index (χ2n) is 5.86. The number of benzene rings is 1. The van der Waals surface area contributed by atoms with Gasteiger partial charge in [-0.05, 0) is 47.7 Å². The average Bonchev–Trinajstić information content (AvgIpc) is 3.02. The first-order valence-corrected chi connectivity index (χ1v) is 7.48. The average molecular weight is 283 g/mol. The normalized spacial score (nSPS) is 17.0. The number of tetrazole rings is 1. The molecule has 21 heavy (non-hydrogen) atoms. The number of hydrogen-bond acceptors (Lipinski definition) is 4. The van der Waals surface area contributed by atoms with Crippen molar-refractivity contribution >= 4 is 11.6 Å². The van der Waals surface area contributed by atoms with Gasteiger partial charge in [-0.3, -0.25) is 4.79 Å². The van der Waals surface area contributed by atoms with E-state index in [2.05, 4.69) is 26.7 Å². The summed E-state index contributed by atoms with van der Waals surface area (Å²) in [5, 5.41) is 14.0. The summed E-state index contributed by atoms with van der Waals surface area (Å²) in [4.78, 5) is 14.3. The molecule has 1 aliphatic carbocycles. The van der Waals surface area contributed by atoms with Gasteiger partial charge in [-0.1, -0.05) is 12.8 Å². The quantitative estimate of drug-likeness (QED) is 0.930. The van der Waals surface area contributed by atoms with Crippen molar-refractivity contribution < 1.29 is 4.79 Å². The lowest BCUT2D eigenvalue weighted by molar-refractivity contribution is -0.118. The summed E-state index contributed by atoms with van der Waals surface area (Å²) in [6.07, 6.45) is 5.23. The first kappa shape index (κ1) is 12.5. The fourth-order valence-corrected chi connectivity index (χ4v) is 2.95. The lowest BCUT2D eigenvalue weighted by Gasteiger charge is -2.17. The molecule has 2 heterocycles. The standard InChI is InChI=1S/C15H17N5O/c21-14(6-3-10-1-2-10)20-8-7-11-9-12(4-5-13(11)20)15-16-18-19-17-15/h4-5,9-10H,1-3,6-8H2,(H,16,17,18,19). The molecule has 0 saturated heterocycles. The summed E-state index contributed by atoms with van der Waals surface area (Å²) in [5.74, 6) is 1.65. The van der Waals surface area contributed by atoms with Crippen LogP contribution in [0.3, 0.4) is 0 Å². The van der Waals surface area contributed by atoms with Crippen LogP contribution in [0.25, 0.3) is 11.4 Å². The number of nitrogens with zero attached hydrogens (tertiary/aromatic N) is 4. The van der Waals surface area contributed by atoms with Gasteiger partial charge in [0.1, 0.15) is 0 Å². The van der Waals surface area contributed by atoms with Crippen LogP contribution < -0.4 is 4.90 Å². The molecule has 2 aliphatic rings. The number of aromatic nitrogens is 4. The summed E-state index contributed by atoms with van der Waals surface area (Å²) in [7, 11) is 0. The predicted molar refractivity (Wildman–Crippen MR) is 77.6 cm³/mol. The molecule has 4 rings (SSSR count). The van der Waals surface area contributed by atoms with Crippen LogP contribution >= 0.6 is 0 Å². The number of hydrogen-bond donors (Lipinski definition) is 1. The van der Waals surface area contributed by atoms with Crippen LogP contribution in [-0.4, -0.2) is 33.1 Å². The van der Waals surface area contributed by atoms with Crippen molar-refractivity contribution in [3.8, 4) is 11.4 Å². The van der Waals surface area contributed by atoms with Crippen LogP contribution in [0.2, 0.25) is 0 Å². The zero-order valence-electron chi connectivity index (χ0n) is 11.7. The maximum absolute atomic E-state index is 12.3. The zero-order chi connectivity index (χ0) is 14.2. The molecule has 6 heteroatoms. The molecule has 0 unspecified atom stereocenters. The molecule has 6 nitrogen and oxygen atoms in total. The SMILES string of the molecule is O=C(CCC1CC1)N1CCc2cc(-c3nn[nH]n3)ccc21. The van der Waals surface area contributed by atoms with Crippen molar-refractivity contribution in [3.05, 3.63) is 23.8 Å². The third-order valence-corrected chi connectivity index (χ3v) is 4.34. The van der Waals surface area contributed by atoms with E-state index in [9.17, 15) is 4.79 Å². The monoisotopic (exact) mass is 283 g/mol. The van der Waals surface area contributed by atoms with E-state index >= 15 is 0 Å². The number of H-pyrrole nitrogens is 1. The Kier molecular flexibility index (Phi) is 2.94. The number of amides is 1. The molecule has 1 saturated carbocycles. The van der Waals surface area contributed by atoms with Crippen molar-refractivity contribution in [3.63, 3.8) is 0 Å². The third-order valence-electron chi connectivity index (χ3n) is 4.34. The topological polar surface area (TPSA) is 74.8 Å². The van der Waals surface area contributed by atoms with Gasteiger partial charge in [0.2, 0.25) is 11.7 Å². The van der Waals surface area contributed by atoms with E-state index in [0.717, 1.165) is 36.6 Å². The summed E-state index contributed by atoms with van der Waals surface area (Å²) in [6, 6.07) is 6.02. The highest BCUT2D eigenvalue weighted by molar-refractivity contribution is 5.95. The highest BCUT2D eigenvalue weighted by Crippen LogP contribution is 2.35. The fourth-order valence-electron chi connectivity index (χ4n) is 2.95. The van der Waals surface area contributed by atoms with Gasteiger partial charge < -0.3 is 4.90 Å². The van der Waals surface area contributed by atoms with E-state index in [1.807, 2.05) is 17.0 Å². The summed E-state index contributed by atoms with van der Waals surface area (Å²) < 4.78 is 0. The molecule has 1 N–H and O–H groups in total. The minimum atomic E-state index is 0.257. The third kappa shape index (κ3) is 2.41. The van der Waals surface area contributed by atoms with Gasteiger partial charge in [-0.2, -0.15) is 5.21 Å². The minimum absolute atomic E-state index is 0.257. The maximum Gasteiger partial charge on any atom is 0.227 e. The van der Waals surface area contributed by atoms with Gasteiger partial charge in [-0.25, -0.2) is 0 Å². The molecule has 1 aromatic heterocycles. The second kappa shape index (κ2) is 4.95. The van der Waals surface area contributed by atoms with Crippen LogP contribution in [0, 0.1) is 5.92 Å². The summed E-state index contributed by atoms with van der Waals surface area (Å²) in [6.45, 7) is 0.786. The van der Waals surface area contributed by atoms with Crippen LogP contribution in [0.15, 0.2) is 18.2 Å². The number of carbonyl (C=O) groups is 1. The van der Waals surface area contributed by atoms with Gasteiger partial charge in [0.25, 0.3) is 0 Å². The minimum Gasteiger partial charge on any atom is -0.312 e. The summed E-state index contributed by atoms with van der Waals surface area (Å²) in [5.41, 5.74) is 3.18. The van der Waals surface area contributed by atoms with Crippen LogP contribution in [-0.2, 0) is 11.2 Å². The second-order valence-corrected chi connectivity index (χ2v) is 5.86. The van der Waals surface area contributed by atoms with Crippen molar-refractivity contribution in [2.75, 3.05) is 11.4 Å². The van der Waals surface area contributed by atoms with Gasteiger partial charge in [-0.15, -0.1) is 10.2 Å². The molecule has 1 aromatic carbocycles. The first-order chi connectivity index (χ1) is 10.3. The number of carbonyl (C=O) groups excluding carboxylic acids is 1. The molecule has 0 bridgehead atoms. The van der Waals surface area contributed by atoms with E-state index in [-0.39, 0.29) is 5.91 Å². The number of aromatic amines is 1. The predicted octanol–water partition coefficient (Wildman–Crippen LogP) is 1.95. The highest BCUT2D eigenvalue weighted by atomic mass is 16.2. The molecule has 108 valence electrons. The number of nitrogens with one attached hydrogen (secondary N) is 1. The van der Waals surface area contributed by atoms with Crippen LogP contribution in [0.5, 0.6) is 0 Å². The molecule has 0 atom stereocenters. The van der Waals surface area contributed by atoms with Gasteiger partial charge >= 0.3 is 0 Å². The van der Waals surface area contributed by atoms with Gasteiger partial charge in [0, 0.05) is 24.2 Å². The van der Waals surface area contributed by atoms with Crippen molar-refractivity contribution in [1.29, 1.82) is 0 Å². The number of anilines is 1. The van der Waals surface area contributed by atoms with E-state index in [0.29, 0.717) is 12.2 Å². The van der Waals surface area contributed by atoms with E-state index in [1.54, 1.807) is 0 Å². The Balaban J connectivity index is 1.53. The maximum atomic E-state index is 12.3. The zero-order valence-corrected chi connectivity index (χ0v) is 11.7. The Morgan fingerprint density at radius 2 is 2.29 bits per heavy atom. The number of fused-ring (bicyclic) bond motifs is 1. The largest absolute Gasteiger partial charge is 0.312 e. The Morgan fingerprint density at radius 3 is 3.05 bits per heavy atom. The van der Waals surface area contributed by atoms with Crippen LogP contribution in [0.4, 0.5) is 5.69 Å². The lowest BCUT2D eigenvalue weighted by atomic mass is 10.1. The Morgan fingerprint density at radius 1 is 1.38 bits per heavy atom. The van der Waals surface area contributed by atoms with Crippen LogP contribution in [0.1, 0.15) is 31.2 Å². The first-order valence-electron chi connectivity index (χ1n) is 7.48. The van der Waals surface area contributed by atoms with Gasteiger partial charge in [0.15, 0.2) is 0 Å². The van der Waals surface area contributed by atoms with E-state index in [1.165, 1.54) is 18.4 Å². The van der Waals surface area contributed by atoms with Crippen molar-refractivity contribution in [2.24, 2.45) is 5.92 Å².